The Hall–Kier alpha value is -0.470. The van der Waals surface area contributed by atoms with Crippen LogP contribution in [0.4, 0.5) is 0 Å². The first kappa shape index (κ1) is 14.9. The van der Waals surface area contributed by atoms with Crippen molar-refractivity contribution in [1.82, 2.24) is 9.62 Å². The Bertz CT molecular complexity index is 513. The Morgan fingerprint density at radius 1 is 1.58 bits per heavy atom. The van der Waals surface area contributed by atoms with Gasteiger partial charge in [-0.25, -0.2) is 8.42 Å². The number of nitrogens with one attached hydrogen (secondary N) is 1. The van der Waals surface area contributed by atoms with Crippen LogP contribution in [0.1, 0.15) is 18.9 Å². The van der Waals surface area contributed by atoms with Crippen molar-refractivity contribution >= 4 is 21.4 Å². The highest BCUT2D eigenvalue weighted by Crippen LogP contribution is 2.25. The predicted molar refractivity (Wildman–Crippen MR) is 75.9 cm³/mol. The second kappa shape index (κ2) is 6.32. The van der Waals surface area contributed by atoms with Crippen LogP contribution in [0.25, 0.3) is 0 Å². The lowest BCUT2D eigenvalue weighted by Gasteiger charge is -2.20. The molecule has 19 heavy (non-hydrogen) atoms. The molecule has 1 fully saturated rings. The summed E-state index contributed by atoms with van der Waals surface area (Å²) in [7, 11) is -1.52. The average molecular weight is 304 g/mol. The molecule has 1 aromatic heterocycles. The van der Waals surface area contributed by atoms with E-state index in [2.05, 4.69) is 5.32 Å². The zero-order valence-corrected chi connectivity index (χ0v) is 12.9. The number of nitrogens with zero attached hydrogens (tertiary/aromatic N) is 1. The standard InChI is InChI=1S/C12H20N2O3S2/c1-10-8-14(4-3-5-17-10)19(15,16)12-6-11(7-13-2)9-18-12/h6,9-10,13H,3-5,7-8H2,1-2H3. The topological polar surface area (TPSA) is 58.6 Å². The Morgan fingerprint density at radius 3 is 3.11 bits per heavy atom. The van der Waals surface area contributed by atoms with Crippen LogP contribution in [0.2, 0.25) is 0 Å². The summed E-state index contributed by atoms with van der Waals surface area (Å²) in [5.41, 5.74) is 1.00. The second-order valence-corrected chi connectivity index (χ2v) is 7.78. The van der Waals surface area contributed by atoms with Crippen molar-refractivity contribution in [3.05, 3.63) is 17.0 Å². The summed E-state index contributed by atoms with van der Waals surface area (Å²) >= 11 is 1.29. The van der Waals surface area contributed by atoms with Gasteiger partial charge in [-0.3, -0.25) is 0 Å². The van der Waals surface area contributed by atoms with Gasteiger partial charge in [-0.15, -0.1) is 11.3 Å². The normalized spacial score (nSPS) is 22.3. The highest BCUT2D eigenvalue weighted by Gasteiger charge is 2.28. The van der Waals surface area contributed by atoms with E-state index in [9.17, 15) is 8.42 Å². The molecule has 0 aliphatic carbocycles. The van der Waals surface area contributed by atoms with Crippen LogP contribution in [0.5, 0.6) is 0 Å². The highest BCUT2D eigenvalue weighted by atomic mass is 32.2. The number of rotatable bonds is 4. The number of hydrogen-bond acceptors (Lipinski definition) is 5. The van der Waals surface area contributed by atoms with Crippen molar-refractivity contribution in [1.29, 1.82) is 0 Å². The van der Waals surface area contributed by atoms with E-state index in [1.165, 1.54) is 11.3 Å². The maximum Gasteiger partial charge on any atom is 0.252 e. The van der Waals surface area contributed by atoms with Gasteiger partial charge in [0.15, 0.2) is 0 Å². The zero-order valence-electron chi connectivity index (χ0n) is 11.3. The highest BCUT2D eigenvalue weighted by molar-refractivity contribution is 7.91. The molecule has 1 N–H and O–H groups in total. The quantitative estimate of drug-likeness (QED) is 0.910. The fourth-order valence-electron chi connectivity index (χ4n) is 2.09. The number of sulfonamides is 1. The van der Waals surface area contributed by atoms with Gasteiger partial charge >= 0.3 is 0 Å². The average Bonchev–Trinajstić information content (AvgIpc) is 2.72. The molecule has 1 unspecified atom stereocenters. The van der Waals surface area contributed by atoms with Crippen LogP contribution in [0.15, 0.2) is 15.7 Å². The molecule has 0 radical (unpaired) electrons. The van der Waals surface area contributed by atoms with Crippen LogP contribution >= 0.6 is 11.3 Å². The lowest BCUT2D eigenvalue weighted by molar-refractivity contribution is 0.0752. The van der Waals surface area contributed by atoms with E-state index >= 15 is 0 Å². The summed E-state index contributed by atoms with van der Waals surface area (Å²) in [5.74, 6) is 0. The zero-order chi connectivity index (χ0) is 13.9. The van der Waals surface area contributed by atoms with E-state index in [0.29, 0.717) is 30.5 Å². The first-order valence-corrected chi connectivity index (χ1v) is 8.70. The summed E-state index contributed by atoms with van der Waals surface area (Å²) in [4.78, 5) is 0. The van der Waals surface area contributed by atoms with Gasteiger partial charge in [-0.2, -0.15) is 4.31 Å². The molecule has 0 aromatic carbocycles. The third-order valence-corrected chi connectivity index (χ3v) is 6.35. The Labute approximate surface area is 118 Å². The van der Waals surface area contributed by atoms with Gasteiger partial charge in [-0.1, -0.05) is 0 Å². The predicted octanol–water partition coefficient (Wildman–Crippen LogP) is 1.27. The molecule has 1 aliphatic rings. The number of thiophene rings is 1. The minimum atomic E-state index is -3.37. The van der Waals surface area contributed by atoms with Gasteiger partial charge < -0.3 is 10.1 Å². The molecule has 0 saturated carbocycles. The van der Waals surface area contributed by atoms with Crippen molar-refractivity contribution in [2.75, 3.05) is 26.7 Å². The van der Waals surface area contributed by atoms with Gasteiger partial charge in [0, 0.05) is 26.2 Å². The number of hydrogen-bond donors (Lipinski definition) is 1. The number of ether oxygens (including phenoxy) is 1. The maximum absolute atomic E-state index is 12.6. The lowest BCUT2D eigenvalue weighted by atomic mass is 10.3. The summed E-state index contributed by atoms with van der Waals surface area (Å²) in [5, 5.41) is 4.91. The van der Waals surface area contributed by atoms with Crippen LogP contribution < -0.4 is 5.32 Å². The second-order valence-electron chi connectivity index (χ2n) is 4.70. The Balaban J connectivity index is 2.19. The van der Waals surface area contributed by atoms with Crippen molar-refractivity contribution < 1.29 is 13.2 Å². The summed E-state index contributed by atoms with van der Waals surface area (Å²) in [6.07, 6.45) is 0.701. The lowest BCUT2D eigenvalue weighted by Crippen LogP contribution is -2.35. The van der Waals surface area contributed by atoms with Gasteiger partial charge in [-0.05, 0) is 37.4 Å². The minimum Gasteiger partial charge on any atom is -0.377 e. The molecular weight excluding hydrogens is 284 g/mol. The Morgan fingerprint density at radius 2 is 2.37 bits per heavy atom. The largest absolute Gasteiger partial charge is 0.377 e. The van der Waals surface area contributed by atoms with Crippen LogP contribution in [0, 0.1) is 0 Å². The van der Waals surface area contributed by atoms with Crippen molar-refractivity contribution in [2.45, 2.75) is 30.2 Å². The minimum absolute atomic E-state index is 0.0472. The maximum atomic E-state index is 12.6. The third kappa shape index (κ3) is 3.55. The molecule has 1 aliphatic heterocycles. The van der Waals surface area contributed by atoms with Gasteiger partial charge in [0.25, 0.3) is 10.0 Å². The van der Waals surface area contributed by atoms with Crippen LogP contribution in [-0.2, 0) is 21.3 Å². The smallest absolute Gasteiger partial charge is 0.252 e. The monoisotopic (exact) mass is 304 g/mol. The molecule has 2 heterocycles. The SMILES string of the molecule is CNCc1csc(S(=O)(=O)N2CCCOC(C)C2)c1. The van der Waals surface area contributed by atoms with E-state index in [0.717, 1.165) is 12.0 Å². The van der Waals surface area contributed by atoms with Gasteiger partial charge in [0.05, 0.1) is 6.10 Å². The summed E-state index contributed by atoms with van der Waals surface area (Å²) < 4.78 is 32.6. The van der Waals surface area contributed by atoms with Crippen molar-refractivity contribution in [3.63, 3.8) is 0 Å². The molecule has 1 atom stereocenters. The summed E-state index contributed by atoms with van der Waals surface area (Å²) in [6.45, 7) is 4.19. The molecule has 0 amide bonds. The van der Waals surface area contributed by atoms with Crippen LogP contribution in [-0.4, -0.2) is 45.6 Å². The molecule has 0 spiro atoms. The summed E-state index contributed by atoms with van der Waals surface area (Å²) in [6, 6.07) is 1.76. The van der Waals surface area contributed by atoms with Crippen molar-refractivity contribution in [2.24, 2.45) is 0 Å². The molecule has 5 nitrogen and oxygen atoms in total. The molecule has 7 heteroatoms. The van der Waals surface area contributed by atoms with Gasteiger partial charge in [0.2, 0.25) is 0 Å². The first-order chi connectivity index (χ1) is 9.04. The Kier molecular flexibility index (Phi) is 4.97. The first-order valence-electron chi connectivity index (χ1n) is 6.38. The van der Waals surface area contributed by atoms with E-state index in [1.54, 1.807) is 10.4 Å². The van der Waals surface area contributed by atoms with E-state index in [1.807, 2.05) is 19.4 Å². The molecule has 1 saturated heterocycles. The molecule has 1 aromatic rings. The molecular formula is C12H20N2O3S2. The fourth-order valence-corrected chi connectivity index (χ4v) is 5.00. The third-order valence-electron chi connectivity index (χ3n) is 3.02. The van der Waals surface area contributed by atoms with Gasteiger partial charge in [0.1, 0.15) is 4.21 Å². The van der Waals surface area contributed by atoms with E-state index < -0.39 is 10.0 Å². The van der Waals surface area contributed by atoms with Crippen molar-refractivity contribution in [3.8, 4) is 0 Å². The molecule has 2 rings (SSSR count). The molecule has 108 valence electrons. The molecule has 0 bridgehead atoms. The van der Waals surface area contributed by atoms with E-state index in [-0.39, 0.29) is 6.10 Å². The van der Waals surface area contributed by atoms with Crippen LogP contribution in [0.3, 0.4) is 0 Å². The fraction of sp³-hybridized carbons (Fsp3) is 0.667. The van der Waals surface area contributed by atoms with E-state index in [4.69, 9.17) is 4.74 Å².